The molecule has 2 aliphatic carbocycles. The van der Waals surface area contributed by atoms with Crippen LogP contribution in [0.15, 0.2) is 0 Å². The van der Waals surface area contributed by atoms with Crippen LogP contribution in [-0.4, -0.2) is 71.5 Å². The molecule has 2 heterocycles. The van der Waals surface area contributed by atoms with Crippen molar-refractivity contribution in [3.8, 4) is 0 Å². The summed E-state index contributed by atoms with van der Waals surface area (Å²) < 4.78 is 30.5. The molecule has 0 aromatic rings. The predicted molar refractivity (Wildman–Crippen MR) is 119 cm³/mol. The van der Waals surface area contributed by atoms with Crippen molar-refractivity contribution in [1.82, 2.24) is 0 Å². The highest BCUT2D eigenvalue weighted by molar-refractivity contribution is 5.69. The summed E-state index contributed by atoms with van der Waals surface area (Å²) in [4.78, 5) is 11.9. The molecule has 0 bridgehead atoms. The first-order valence-electron chi connectivity index (χ1n) is 13.1. The second kappa shape index (κ2) is 10.9. The van der Waals surface area contributed by atoms with Crippen LogP contribution in [0.4, 0.5) is 0 Å². The molecule has 0 radical (unpaired) electrons. The van der Waals surface area contributed by atoms with Gasteiger partial charge in [0, 0.05) is 38.0 Å². The Morgan fingerprint density at radius 3 is 2.39 bits per heavy atom. The van der Waals surface area contributed by atoms with Crippen LogP contribution < -0.4 is 0 Å². The molecule has 2 N–H and O–H groups in total. The van der Waals surface area contributed by atoms with Crippen LogP contribution in [0.2, 0.25) is 0 Å². The zero-order valence-corrected chi connectivity index (χ0v) is 20.2. The normalized spacial score (nSPS) is 38.3. The van der Waals surface area contributed by atoms with Gasteiger partial charge in [0.25, 0.3) is 0 Å². The summed E-state index contributed by atoms with van der Waals surface area (Å²) in [7, 11) is 0. The van der Waals surface area contributed by atoms with E-state index in [1.165, 1.54) is 6.42 Å². The van der Waals surface area contributed by atoms with Gasteiger partial charge >= 0.3 is 5.97 Å². The highest BCUT2D eigenvalue weighted by atomic mass is 16.8. The molecule has 2 saturated heterocycles. The monoisotopic (exact) mass is 470 g/mol. The number of hydrogen-bond acceptors (Lipinski definition) is 8. The number of carbonyl (C=O) groups is 1. The first kappa shape index (κ1) is 25.3. The molecule has 0 unspecified atom stereocenters. The Hall–Kier alpha value is -0.770. The third kappa shape index (κ3) is 5.90. The van der Waals surface area contributed by atoms with Crippen LogP contribution >= 0.6 is 0 Å². The molecule has 4 aliphatic rings. The number of aliphatic hydroxyl groups excluding tert-OH is 1. The lowest BCUT2D eigenvalue weighted by Gasteiger charge is -2.48. The number of carbonyl (C=O) groups excluding carboxylic acids is 1. The van der Waals surface area contributed by atoms with Crippen molar-refractivity contribution in [2.45, 2.75) is 133 Å². The Balaban J connectivity index is 1.50. The number of aliphatic hydroxyl groups is 2. The summed E-state index contributed by atoms with van der Waals surface area (Å²) in [6.45, 7) is 4.44. The van der Waals surface area contributed by atoms with Crippen molar-refractivity contribution in [2.24, 2.45) is 5.92 Å². The Morgan fingerprint density at radius 1 is 1.06 bits per heavy atom. The van der Waals surface area contributed by atoms with Gasteiger partial charge in [0.05, 0.1) is 31.5 Å². The summed E-state index contributed by atoms with van der Waals surface area (Å²) >= 11 is 0. The smallest absolute Gasteiger partial charge is 0.305 e. The molecule has 33 heavy (non-hydrogen) atoms. The standard InChI is InChI=1S/C25H42O8/c1-3-29-20(26)11-10-18-21(27)17(2)22(33-24(28)12-6-4-7-13-24)23(31-18)19-16-30-25(32-19)14-8-5-9-15-25/h17-19,21-23,27-28H,3-16H2,1-2H3/t17-,18-,19+,21+,22-,23-/m0/s1. The lowest BCUT2D eigenvalue weighted by atomic mass is 9.83. The van der Waals surface area contributed by atoms with Gasteiger partial charge in [-0.25, -0.2) is 0 Å². The Labute approximate surface area is 197 Å². The Kier molecular flexibility index (Phi) is 8.35. The quantitative estimate of drug-likeness (QED) is 0.432. The molecule has 8 nitrogen and oxygen atoms in total. The average Bonchev–Trinajstić information content (AvgIpc) is 3.20. The van der Waals surface area contributed by atoms with Crippen LogP contribution in [0.3, 0.4) is 0 Å². The van der Waals surface area contributed by atoms with E-state index in [1.807, 2.05) is 6.92 Å². The lowest BCUT2D eigenvalue weighted by Crippen LogP contribution is -2.60. The number of ether oxygens (including phenoxy) is 5. The molecule has 2 saturated carbocycles. The molecule has 190 valence electrons. The fraction of sp³-hybridized carbons (Fsp3) is 0.960. The van der Waals surface area contributed by atoms with Gasteiger partial charge in [-0.1, -0.05) is 19.8 Å². The van der Waals surface area contributed by atoms with E-state index in [9.17, 15) is 15.0 Å². The van der Waals surface area contributed by atoms with Crippen LogP contribution in [0.5, 0.6) is 0 Å². The molecular formula is C25H42O8. The molecule has 1 spiro atoms. The van der Waals surface area contributed by atoms with Crippen molar-refractivity contribution in [3.05, 3.63) is 0 Å². The number of hydrogen-bond donors (Lipinski definition) is 2. The Bertz CT molecular complexity index is 642. The molecule has 0 amide bonds. The van der Waals surface area contributed by atoms with Crippen molar-refractivity contribution < 1.29 is 38.7 Å². The van der Waals surface area contributed by atoms with Gasteiger partial charge in [0.15, 0.2) is 11.6 Å². The van der Waals surface area contributed by atoms with Crippen LogP contribution in [-0.2, 0) is 28.5 Å². The molecule has 2 aliphatic heterocycles. The van der Waals surface area contributed by atoms with Gasteiger partial charge in [0.1, 0.15) is 12.2 Å². The average molecular weight is 471 g/mol. The maximum Gasteiger partial charge on any atom is 0.305 e. The highest BCUT2D eigenvalue weighted by Gasteiger charge is 2.54. The van der Waals surface area contributed by atoms with Crippen molar-refractivity contribution in [3.63, 3.8) is 0 Å². The van der Waals surface area contributed by atoms with Crippen molar-refractivity contribution in [1.29, 1.82) is 0 Å². The number of esters is 1. The molecule has 0 aromatic carbocycles. The van der Waals surface area contributed by atoms with Gasteiger partial charge in [0.2, 0.25) is 0 Å². The fourth-order valence-electron chi connectivity index (χ4n) is 5.97. The van der Waals surface area contributed by atoms with Gasteiger partial charge in [-0.2, -0.15) is 0 Å². The molecule has 0 aromatic heterocycles. The van der Waals surface area contributed by atoms with Crippen LogP contribution in [0.1, 0.15) is 90.9 Å². The lowest BCUT2D eigenvalue weighted by molar-refractivity contribution is -0.317. The molecule has 8 heteroatoms. The first-order valence-corrected chi connectivity index (χ1v) is 13.1. The SMILES string of the molecule is CCOC(=O)CC[C@@H]1O[C@@H]([C@H]2COC3(CCCCC3)O2)[C@@H](OC2(O)CCCCC2)[C@@H](C)[C@H]1O. The first-order chi connectivity index (χ1) is 15.8. The van der Waals surface area contributed by atoms with E-state index < -0.39 is 36.0 Å². The summed E-state index contributed by atoms with van der Waals surface area (Å²) in [5.74, 6) is -2.36. The van der Waals surface area contributed by atoms with E-state index in [0.29, 0.717) is 32.5 Å². The zero-order valence-electron chi connectivity index (χ0n) is 20.2. The highest BCUT2D eigenvalue weighted by Crippen LogP contribution is 2.43. The zero-order chi connectivity index (χ0) is 23.5. The van der Waals surface area contributed by atoms with E-state index in [2.05, 4.69) is 0 Å². The fourth-order valence-corrected chi connectivity index (χ4v) is 5.97. The second-order valence-corrected chi connectivity index (χ2v) is 10.4. The van der Waals surface area contributed by atoms with E-state index in [1.54, 1.807) is 6.92 Å². The van der Waals surface area contributed by atoms with E-state index >= 15 is 0 Å². The second-order valence-electron chi connectivity index (χ2n) is 10.4. The minimum Gasteiger partial charge on any atom is -0.466 e. The summed E-state index contributed by atoms with van der Waals surface area (Å²) in [5.41, 5.74) is 0. The predicted octanol–water partition coefficient (Wildman–Crippen LogP) is 3.21. The van der Waals surface area contributed by atoms with Gasteiger partial charge in [-0.3, -0.25) is 4.79 Å². The maximum atomic E-state index is 11.9. The molecule has 6 atom stereocenters. The third-order valence-corrected chi connectivity index (χ3v) is 7.88. The van der Waals surface area contributed by atoms with Crippen molar-refractivity contribution in [2.75, 3.05) is 13.2 Å². The van der Waals surface area contributed by atoms with Crippen LogP contribution in [0, 0.1) is 5.92 Å². The number of rotatable bonds is 7. The Morgan fingerprint density at radius 2 is 1.73 bits per heavy atom. The summed E-state index contributed by atoms with van der Waals surface area (Å²) in [6, 6.07) is 0. The van der Waals surface area contributed by atoms with E-state index in [-0.39, 0.29) is 24.4 Å². The van der Waals surface area contributed by atoms with Crippen molar-refractivity contribution >= 4 is 5.97 Å². The van der Waals surface area contributed by atoms with Crippen LogP contribution in [0.25, 0.3) is 0 Å². The van der Waals surface area contributed by atoms with Gasteiger partial charge in [-0.15, -0.1) is 0 Å². The van der Waals surface area contributed by atoms with Gasteiger partial charge < -0.3 is 33.9 Å². The third-order valence-electron chi connectivity index (χ3n) is 7.88. The molecule has 4 rings (SSSR count). The molecular weight excluding hydrogens is 428 g/mol. The van der Waals surface area contributed by atoms with E-state index in [4.69, 9.17) is 23.7 Å². The minimum absolute atomic E-state index is 0.177. The summed E-state index contributed by atoms with van der Waals surface area (Å²) in [6.07, 6.45) is 6.97. The van der Waals surface area contributed by atoms with Gasteiger partial charge in [-0.05, 0) is 39.0 Å². The minimum atomic E-state index is -1.21. The largest absolute Gasteiger partial charge is 0.466 e. The summed E-state index contributed by atoms with van der Waals surface area (Å²) in [5, 5.41) is 22.2. The molecule has 4 fully saturated rings. The topological polar surface area (TPSA) is 104 Å². The van der Waals surface area contributed by atoms with E-state index in [0.717, 1.165) is 44.9 Å². The maximum absolute atomic E-state index is 11.9.